The van der Waals surface area contributed by atoms with Gasteiger partial charge in [0.2, 0.25) is 4.96 Å². The third kappa shape index (κ3) is 3.34. The van der Waals surface area contributed by atoms with E-state index in [-0.39, 0.29) is 0 Å². The molecule has 4 nitrogen and oxygen atoms in total. The number of thiazole rings is 1. The topological polar surface area (TPSA) is 42.2 Å². The number of hydrogen-bond donors (Lipinski definition) is 1. The van der Waals surface area contributed by atoms with Crippen LogP contribution in [0.5, 0.6) is 0 Å². The minimum absolute atomic E-state index is 0.683. The molecule has 1 saturated carbocycles. The van der Waals surface area contributed by atoms with Gasteiger partial charge in [0.25, 0.3) is 0 Å². The summed E-state index contributed by atoms with van der Waals surface area (Å²) in [4.78, 5) is 2.28. The molecule has 1 fully saturated rings. The first-order valence-corrected chi connectivity index (χ1v) is 9.73. The molecular formula is C17H19BrN4S. The normalized spacial score (nSPS) is 16.2. The molecule has 0 atom stereocenters. The van der Waals surface area contributed by atoms with E-state index in [4.69, 9.17) is 0 Å². The molecule has 1 aliphatic rings. The molecule has 2 heterocycles. The summed E-state index contributed by atoms with van der Waals surface area (Å²) in [7, 11) is 0. The molecule has 0 amide bonds. The SMILES string of the molecule is Brc1ccc(-c2nnc3sc(CNC4CCCCC4)cn23)cc1. The molecule has 4 rings (SSSR count). The first-order valence-electron chi connectivity index (χ1n) is 8.12. The molecule has 1 N–H and O–H groups in total. The minimum atomic E-state index is 0.683. The van der Waals surface area contributed by atoms with Gasteiger partial charge >= 0.3 is 0 Å². The molecule has 1 aromatic carbocycles. The maximum Gasteiger partial charge on any atom is 0.216 e. The van der Waals surface area contributed by atoms with E-state index in [0.717, 1.165) is 27.4 Å². The lowest BCUT2D eigenvalue weighted by molar-refractivity contribution is 0.373. The third-order valence-corrected chi connectivity index (χ3v) is 5.93. The zero-order valence-electron chi connectivity index (χ0n) is 12.8. The molecule has 0 radical (unpaired) electrons. The number of rotatable bonds is 4. The van der Waals surface area contributed by atoms with Crippen molar-refractivity contribution >= 4 is 32.2 Å². The van der Waals surface area contributed by atoms with Gasteiger partial charge in [0.05, 0.1) is 0 Å². The van der Waals surface area contributed by atoms with Crippen molar-refractivity contribution in [3.63, 3.8) is 0 Å². The molecule has 23 heavy (non-hydrogen) atoms. The summed E-state index contributed by atoms with van der Waals surface area (Å²) < 4.78 is 3.18. The van der Waals surface area contributed by atoms with Gasteiger partial charge in [-0.2, -0.15) is 0 Å². The predicted molar refractivity (Wildman–Crippen MR) is 97.7 cm³/mol. The van der Waals surface area contributed by atoms with Crippen LogP contribution in [0.2, 0.25) is 0 Å². The first kappa shape index (κ1) is 15.3. The molecule has 6 heteroatoms. The van der Waals surface area contributed by atoms with Crippen LogP contribution in [0.3, 0.4) is 0 Å². The molecule has 2 aromatic heterocycles. The molecule has 1 aliphatic carbocycles. The van der Waals surface area contributed by atoms with Crippen LogP contribution in [-0.2, 0) is 6.54 Å². The summed E-state index contributed by atoms with van der Waals surface area (Å²) >= 11 is 5.19. The predicted octanol–water partition coefficient (Wildman–Crippen LogP) is 4.64. The van der Waals surface area contributed by atoms with Crippen molar-refractivity contribution in [2.24, 2.45) is 0 Å². The highest BCUT2D eigenvalue weighted by molar-refractivity contribution is 9.10. The van der Waals surface area contributed by atoms with E-state index < -0.39 is 0 Å². The number of nitrogens with one attached hydrogen (secondary N) is 1. The third-order valence-electron chi connectivity index (χ3n) is 4.43. The van der Waals surface area contributed by atoms with Crippen molar-refractivity contribution in [1.82, 2.24) is 19.9 Å². The number of aromatic nitrogens is 3. The Bertz CT molecular complexity index is 787. The average molecular weight is 391 g/mol. The van der Waals surface area contributed by atoms with Crippen molar-refractivity contribution in [3.05, 3.63) is 39.8 Å². The Kier molecular flexibility index (Phi) is 4.46. The summed E-state index contributed by atoms with van der Waals surface area (Å²) in [5.74, 6) is 0.910. The van der Waals surface area contributed by atoms with Crippen LogP contribution >= 0.6 is 27.3 Å². The summed E-state index contributed by atoms with van der Waals surface area (Å²) in [6, 6.07) is 8.89. The fraction of sp³-hybridized carbons (Fsp3) is 0.412. The van der Waals surface area contributed by atoms with E-state index in [9.17, 15) is 0 Å². The van der Waals surface area contributed by atoms with E-state index in [2.05, 4.69) is 54.2 Å². The van der Waals surface area contributed by atoms with E-state index >= 15 is 0 Å². The smallest absolute Gasteiger partial charge is 0.216 e. The highest BCUT2D eigenvalue weighted by Crippen LogP contribution is 2.25. The highest BCUT2D eigenvalue weighted by Gasteiger charge is 2.15. The highest BCUT2D eigenvalue weighted by atomic mass is 79.9. The zero-order valence-corrected chi connectivity index (χ0v) is 15.2. The average Bonchev–Trinajstić information content (AvgIpc) is 3.15. The number of benzene rings is 1. The molecule has 0 bridgehead atoms. The molecule has 0 spiro atoms. The Morgan fingerprint density at radius 3 is 2.70 bits per heavy atom. The first-order chi connectivity index (χ1) is 11.3. The van der Waals surface area contributed by atoms with Gasteiger partial charge in [-0.1, -0.05) is 58.7 Å². The van der Waals surface area contributed by atoms with Gasteiger partial charge in [-0.25, -0.2) is 0 Å². The minimum Gasteiger partial charge on any atom is -0.309 e. The van der Waals surface area contributed by atoms with Crippen LogP contribution in [0.1, 0.15) is 37.0 Å². The van der Waals surface area contributed by atoms with Crippen molar-refractivity contribution in [3.8, 4) is 11.4 Å². The molecule has 0 saturated heterocycles. The van der Waals surface area contributed by atoms with Gasteiger partial charge < -0.3 is 5.32 Å². The lowest BCUT2D eigenvalue weighted by Crippen LogP contribution is -2.30. The van der Waals surface area contributed by atoms with E-state index in [0.29, 0.717) is 6.04 Å². The van der Waals surface area contributed by atoms with Crippen LogP contribution in [0, 0.1) is 0 Å². The molecule has 120 valence electrons. The lowest BCUT2D eigenvalue weighted by Gasteiger charge is -2.22. The number of hydrogen-bond acceptors (Lipinski definition) is 4. The summed E-state index contributed by atoms with van der Waals surface area (Å²) in [5.41, 5.74) is 1.09. The number of nitrogens with zero attached hydrogens (tertiary/aromatic N) is 3. The molecule has 0 unspecified atom stereocenters. The van der Waals surface area contributed by atoms with Gasteiger partial charge in [0, 0.05) is 33.7 Å². The van der Waals surface area contributed by atoms with Gasteiger partial charge in [-0.05, 0) is 25.0 Å². The van der Waals surface area contributed by atoms with E-state index in [1.54, 1.807) is 11.3 Å². The Morgan fingerprint density at radius 1 is 1.13 bits per heavy atom. The Morgan fingerprint density at radius 2 is 1.91 bits per heavy atom. The van der Waals surface area contributed by atoms with Crippen molar-refractivity contribution < 1.29 is 0 Å². The van der Waals surface area contributed by atoms with Crippen LogP contribution in [0.15, 0.2) is 34.9 Å². The fourth-order valence-electron chi connectivity index (χ4n) is 3.18. The quantitative estimate of drug-likeness (QED) is 0.705. The molecule has 3 aromatic rings. The second-order valence-corrected chi connectivity index (χ2v) is 8.11. The Labute approximate surface area is 148 Å². The van der Waals surface area contributed by atoms with Gasteiger partial charge in [-0.3, -0.25) is 4.40 Å². The Balaban J connectivity index is 1.53. The maximum atomic E-state index is 4.33. The Hall–Kier alpha value is -1.24. The van der Waals surface area contributed by atoms with Crippen molar-refractivity contribution in [1.29, 1.82) is 0 Å². The van der Waals surface area contributed by atoms with Gasteiger partial charge in [-0.15, -0.1) is 10.2 Å². The summed E-state index contributed by atoms with van der Waals surface area (Å²) in [5, 5.41) is 12.4. The van der Waals surface area contributed by atoms with Gasteiger partial charge in [0.1, 0.15) is 0 Å². The second-order valence-electron chi connectivity index (χ2n) is 6.10. The van der Waals surface area contributed by atoms with E-state index in [1.807, 2.05) is 12.1 Å². The number of halogens is 1. The van der Waals surface area contributed by atoms with Crippen LogP contribution in [0.25, 0.3) is 16.3 Å². The van der Waals surface area contributed by atoms with Crippen molar-refractivity contribution in [2.45, 2.75) is 44.7 Å². The fourth-order valence-corrected chi connectivity index (χ4v) is 4.31. The summed E-state index contributed by atoms with van der Waals surface area (Å²) in [6.07, 6.45) is 8.93. The monoisotopic (exact) mass is 390 g/mol. The second kappa shape index (κ2) is 6.71. The standard InChI is InChI=1S/C17H19BrN4S/c18-13-8-6-12(7-9-13)16-20-21-17-22(16)11-15(23-17)10-19-14-4-2-1-3-5-14/h6-9,11,14,19H,1-5,10H2. The molecular weight excluding hydrogens is 372 g/mol. The van der Waals surface area contributed by atoms with Crippen molar-refractivity contribution in [2.75, 3.05) is 0 Å². The maximum absolute atomic E-state index is 4.33. The van der Waals surface area contributed by atoms with Gasteiger partial charge in [0.15, 0.2) is 5.82 Å². The van der Waals surface area contributed by atoms with Crippen LogP contribution in [-0.4, -0.2) is 20.6 Å². The van der Waals surface area contributed by atoms with Crippen LogP contribution in [0.4, 0.5) is 0 Å². The van der Waals surface area contributed by atoms with E-state index in [1.165, 1.54) is 37.0 Å². The van der Waals surface area contributed by atoms with Crippen LogP contribution < -0.4 is 5.32 Å². The molecule has 0 aliphatic heterocycles. The lowest BCUT2D eigenvalue weighted by atomic mass is 9.95. The summed E-state index contributed by atoms with van der Waals surface area (Å²) in [6.45, 7) is 0.929. The number of fused-ring (bicyclic) bond motifs is 1. The largest absolute Gasteiger partial charge is 0.309 e. The zero-order chi connectivity index (χ0) is 15.6.